The lowest BCUT2D eigenvalue weighted by molar-refractivity contribution is -0.148. The number of carbonyl (C=O) groups is 3. The number of aliphatic carboxylic acids is 1. The highest BCUT2D eigenvalue weighted by atomic mass is 32.2. The van der Waals surface area contributed by atoms with E-state index in [-0.39, 0.29) is 30.8 Å². The highest BCUT2D eigenvalue weighted by molar-refractivity contribution is 7.99. The normalized spacial score (nSPS) is 19.9. The molecule has 8 heteroatoms. The zero-order chi connectivity index (χ0) is 23.7. The van der Waals surface area contributed by atoms with Crippen LogP contribution >= 0.6 is 11.8 Å². The number of hydrogen-bond donors (Lipinski definition) is 2. The number of carboxylic acid groups (broad SMARTS) is 1. The Morgan fingerprint density at radius 1 is 1.06 bits per heavy atom. The molecule has 2 fully saturated rings. The van der Waals surface area contributed by atoms with Gasteiger partial charge in [0.05, 0.1) is 5.88 Å². The van der Waals surface area contributed by atoms with Gasteiger partial charge in [-0.1, -0.05) is 48.5 Å². The minimum atomic E-state index is -0.960. The van der Waals surface area contributed by atoms with Crippen molar-refractivity contribution in [3.05, 3.63) is 59.7 Å². The molecule has 0 radical (unpaired) electrons. The van der Waals surface area contributed by atoms with E-state index in [9.17, 15) is 19.5 Å². The number of ether oxygens (including phenoxy) is 1. The molecule has 7 nitrogen and oxygen atoms in total. The highest BCUT2D eigenvalue weighted by Crippen LogP contribution is 2.44. The van der Waals surface area contributed by atoms with Crippen LogP contribution in [-0.2, 0) is 14.3 Å². The lowest BCUT2D eigenvalue weighted by Crippen LogP contribution is -2.43. The van der Waals surface area contributed by atoms with Crippen LogP contribution in [0.4, 0.5) is 4.79 Å². The van der Waals surface area contributed by atoms with Gasteiger partial charge in [-0.15, -0.1) is 11.8 Å². The Balaban J connectivity index is 1.16. The Kier molecular flexibility index (Phi) is 6.50. The summed E-state index contributed by atoms with van der Waals surface area (Å²) in [5, 5.41) is 12.2. The smallest absolute Gasteiger partial charge is 0.407 e. The number of amides is 2. The fourth-order valence-corrected chi connectivity index (χ4v) is 6.24. The average Bonchev–Trinajstić information content (AvgIpc) is 3.47. The minimum absolute atomic E-state index is 0.000393. The molecule has 2 N–H and O–H groups in total. The molecular weight excluding hydrogens is 452 g/mol. The third-order valence-corrected chi connectivity index (χ3v) is 8.08. The predicted molar refractivity (Wildman–Crippen MR) is 129 cm³/mol. The van der Waals surface area contributed by atoms with Gasteiger partial charge in [-0.3, -0.25) is 4.79 Å². The Bertz CT molecular complexity index is 1060. The van der Waals surface area contributed by atoms with Crippen LogP contribution in [-0.4, -0.2) is 58.8 Å². The Labute approximate surface area is 202 Å². The number of rotatable bonds is 8. The Hall–Kier alpha value is -3.00. The molecule has 0 spiro atoms. The first-order chi connectivity index (χ1) is 16.5. The number of alkyl carbamates (subject to hydrolysis) is 1. The molecule has 5 rings (SSSR count). The van der Waals surface area contributed by atoms with Crippen molar-refractivity contribution in [1.29, 1.82) is 0 Å². The molecule has 2 aromatic carbocycles. The van der Waals surface area contributed by atoms with Crippen molar-refractivity contribution in [1.82, 2.24) is 10.2 Å². The number of benzene rings is 2. The summed E-state index contributed by atoms with van der Waals surface area (Å²) in [5.74, 6) is 0.103. The molecule has 0 bridgehead atoms. The molecule has 2 unspecified atom stereocenters. The molecule has 3 aliphatic rings. The summed E-state index contributed by atoms with van der Waals surface area (Å²) in [6.07, 6.45) is 1.82. The molecule has 2 amide bonds. The topological polar surface area (TPSA) is 95.9 Å². The van der Waals surface area contributed by atoms with Crippen molar-refractivity contribution < 1.29 is 24.2 Å². The molecule has 2 aromatic rings. The third kappa shape index (κ3) is 4.64. The predicted octanol–water partition coefficient (Wildman–Crippen LogP) is 3.93. The lowest BCUT2D eigenvalue weighted by atomic mass is 9.98. The number of fused-ring (bicyclic) bond motifs is 3. The number of hydrogen-bond acceptors (Lipinski definition) is 5. The van der Waals surface area contributed by atoms with Crippen LogP contribution in [0.5, 0.6) is 0 Å². The molecule has 1 aliphatic heterocycles. The maximum absolute atomic E-state index is 12.8. The van der Waals surface area contributed by atoms with Crippen molar-refractivity contribution in [3.8, 4) is 11.1 Å². The molecule has 1 heterocycles. The van der Waals surface area contributed by atoms with Gasteiger partial charge in [-0.05, 0) is 46.9 Å². The molecule has 1 saturated carbocycles. The monoisotopic (exact) mass is 480 g/mol. The van der Waals surface area contributed by atoms with Crippen LogP contribution in [0.2, 0.25) is 0 Å². The zero-order valence-corrected chi connectivity index (χ0v) is 19.6. The summed E-state index contributed by atoms with van der Waals surface area (Å²) in [4.78, 5) is 38.2. The van der Waals surface area contributed by atoms with Crippen LogP contribution in [0.3, 0.4) is 0 Å². The molecule has 34 heavy (non-hydrogen) atoms. The summed E-state index contributed by atoms with van der Waals surface area (Å²) >= 11 is 1.46. The van der Waals surface area contributed by atoms with E-state index in [1.54, 1.807) is 0 Å². The molecular formula is C26H28N2O5S. The largest absolute Gasteiger partial charge is 0.480 e. The molecule has 0 aromatic heterocycles. The highest BCUT2D eigenvalue weighted by Gasteiger charge is 2.38. The van der Waals surface area contributed by atoms with E-state index >= 15 is 0 Å². The first-order valence-corrected chi connectivity index (χ1v) is 12.9. The van der Waals surface area contributed by atoms with Crippen LogP contribution in [0.15, 0.2) is 48.5 Å². The second-order valence-electron chi connectivity index (χ2n) is 9.23. The van der Waals surface area contributed by atoms with Gasteiger partial charge in [0, 0.05) is 24.6 Å². The van der Waals surface area contributed by atoms with E-state index in [2.05, 4.69) is 29.6 Å². The van der Waals surface area contributed by atoms with Crippen LogP contribution in [0.25, 0.3) is 11.1 Å². The summed E-state index contributed by atoms with van der Waals surface area (Å²) in [6.45, 7) is 0.601. The summed E-state index contributed by atoms with van der Waals surface area (Å²) < 4.78 is 5.62. The van der Waals surface area contributed by atoms with Crippen molar-refractivity contribution in [3.63, 3.8) is 0 Å². The maximum atomic E-state index is 12.8. The van der Waals surface area contributed by atoms with Crippen LogP contribution in [0, 0.1) is 11.8 Å². The van der Waals surface area contributed by atoms with Crippen molar-refractivity contribution in [2.75, 3.05) is 24.8 Å². The van der Waals surface area contributed by atoms with E-state index in [4.69, 9.17) is 4.74 Å². The number of nitrogens with zero attached hydrogens (tertiary/aromatic N) is 1. The number of thioether (sulfide) groups is 1. The second kappa shape index (κ2) is 9.70. The van der Waals surface area contributed by atoms with E-state index in [0.717, 1.165) is 24.0 Å². The summed E-state index contributed by atoms with van der Waals surface area (Å²) in [6, 6.07) is 15.6. The second-order valence-corrected chi connectivity index (χ2v) is 10.2. The number of nitrogens with one attached hydrogen (secondary N) is 1. The van der Waals surface area contributed by atoms with E-state index in [1.807, 2.05) is 24.3 Å². The Morgan fingerprint density at radius 3 is 2.32 bits per heavy atom. The third-order valence-electron chi connectivity index (χ3n) is 7.07. The fraction of sp³-hybridized carbons (Fsp3) is 0.423. The summed E-state index contributed by atoms with van der Waals surface area (Å²) in [7, 11) is 0. The van der Waals surface area contributed by atoms with Gasteiger partial charge >= 0.3 is 12.1 Å². The average molecular weight is 481 g/mol. The van der Waals surface area contributed by atoms with Gasteiger partial charge in [0.25, 0.3) is 0 Å². The maximum Gasteiger partial charge on any atom is 0.407 e. The first kappa shape index (κ1) is 22.8. The van der Waals surface area contributed by atoms with Gasteiger partial charge in [-0.25, -0.2) is 9.59 Å². The van der Waals surface area contributed by atoms with Crippen molar-refractivity contribution in [2.24, 2.45) is 11.8 Å². The van der Waals surface area contributed by atoms with Gasteiger partial charge in [-0.2, -0.15) is 0 Å². The summed E-state index contributed by atoms with van der Waals surface area (Å²) in [5.41, 5.74) is 4.68. The van der Waals surface area contributed by atoms with Gasteiger partial charge < -0.3 is 20.1 Å². The van der Waals surface area contributed by atoms with Gasteiger partial charge in [0.1, 0.15) is 12.6 Å². The van der Waals surface area contributed by atoms with E-state index < -0.39 is 18.1 Å². The molecule has 2 atom stereocenters. The van der Waals surface area contributed by atoms with Gasteiger partial charge in [0.2, 0.25) is 5.91 Å². The minimum Gasteiger partial charge on any atom is -0.480 e. The first-order valence-electron chi connectivity index (χ1n) is 11.7. The van der Waals surface area contributed by atoms with E-state index in [1.165, 1.54) is 27.8 Å². The zero-order valence-electron chi connectivity index (χ0n) is 18.8. The number of carboxylic acids is 1. The van der Waals surface area contributed by atoms with Crippen LogP contribution in [0.1, 0.15) is 36.3 Å². The molecule has 2 aliphatic carbocycles. The lowest BCUT2D eigenvalue weighted by Gasteiger charge is -2.24. The standard InChI is InChI=1S/C26H28N2O5S/c29-24(28-15-34-14-23(28)25(30)31)11-17(16-9-10-16)12-27-26(32)33-13-22-20-7-3-1-5-18(20)19-6-2-4-8-21(19)22/h1-8,16-17,22-23H,9-15H2,(H,27,32)(H,30,31). The van der Waals surface area contributed by atoms with Crippen molar-refractivity contribution >= 4 is 29.7 Å². The molecule has 178 valence electrons. The van der Waals surface area contributed by atoms with Gasteiger partial charge in [0.15, 0.2) is 0 Å². The number of carbonyl (C=O) groups excluding carboxylic acids is 2. The Morgan fingerprint density at radius 2 is 1.71 bits per heavy atom. The van der Waals surface area contributed by atoms with E-state index in [0.29, 0.717) is 24.1 Å². The van der Waals surface area contributed by atoms with Crippen LogP contribution < -0.4 is 5.32 Å². The quantitative estimate of drug-likeness (QED) is 0.595. The fourth-order valence-electron chi connectivity index (χ4n) is 5.07. The molecule has 1 saturated heterocycles. The van der Waals surface area contributed by atoms with Crippen molar-refractivity contribution in [2.45, 2.75) is 31.2 Å². The SMILES string of the molecule is O=C(NCC(CC(=O)N1CSCC1C(=O)O)C1CC1)OCC1c2ccccc2-c2ccccc21.